The monoisotopic (exact) mass is 480 g/mol. The van der Waals surface area contributed by atoms with Gasteiger partial charge in [0.25, 0.3) is 5.91 Å². The number of aliphatic imine (C=N–C) groups is 1. The third-order valence-corrected chi connectivity index (χ3v) is 4.29. The van der Waals surface area contributed by atoms with E-state index in [1.807, 2.05) is 24.3 Å². The van der Waals surface area contributed by atoms with Gasteiger partial charge in [0, 0.05) is 25.3 Å². The van der Waals surface area contributed by atoms with Gasteiger partial charge in [0.15, 0.2) is 5.96 Å². The zero-order valence-corrected chi connectivity index (χ0v) is 18.8. The Kier molecular flexibility index (Phi) is 9.28. The Labute approximate surface area is 179 Å². The van der Waals surface area contributed by atoms with Gasteiger partial charge in [0.2, 0.25) is 0 Å². The molecule has 0 spiro atoms. The maximum atomic E-state index is 11.9. The van der Waals surface area contributed by atoms with Crippen LogP contribution in [0.4, 0.5) is 5.69 Å². The molecule has 0 unspecified atom stereocenters. The quantitative estimate of drug-likeness (QED) is 0.372. The van der Waals surface area contributed by atoms with Gasteiger partial charge < -0.3 is 16.0 Å². The molecule has 0 aromatic heterocycles. The minimum Gasteiger partial charge on any atom is -0.370 e. The molecule has 0 fully saturated rings. The highest BCUT2D eigenvalue weighted by Gasteiger charge is 2.08. The summed E-state index contributed by atoms with van der Waals surface area (Å²) < 4.78 is 0. The summed E-state index contributed by atoms with van der Waals surface area (Å²) >= 11 is 0. The highest BCUT2D eigenvalue weighted by molar-refractivity contribution is 14.0. The third-order valence-electron chi connectivity index (χ3n) is 4.29. The highest BCUT2D eigenvalue weighted by Crippen LogP contribution is 2.22. The van der Waals surface area contributed by atoms with E-state index in [1.165, 1.54) is 11.1 Å². The maximum absolute atomic E-state index is 11.9. The van der Waals surface area contributed by atoms with Crippen LogP contribution in [-0.2, 0) is 19.4 Å². The molecule has 2 aromatic carbocycles. The fraction of sp³-hybridized carbons (Fsp3) is 0.333. The first-order valence-corrected chi connectivity index (χ1v) is 8.94. The standard InChI is InChI=1S/C21H28N4O.HI/c1-5-16-8-7-9-17(6-2)19(16)24-21(22)23-14-15-10-12-18(13-11-15)20(26)25(3)4;/h7-13H,5-6,14H2,1-4H3,(H3,22,23,24);1H. The van der Waals surface area contributed by atoms with E-state index < -0.39 is 0 Å². The SMILES string of the molecule is CCc1cccc(CC)c1NC(N)=NCc1ccc(C(=O)N(C)C)cc1.I. The molecule has 0 radical (unpaired) electrons. The maximum Gasteiger partial charge on any atom is 0.253 e. The molecule has 3 N–H and O–H groups in total. The second-order valence-corrected chi connectivity index (χ2v) is 6.38. The Morgan fingerprint density at radius 1 is 1.04 bits per heavy atom. The number of hydrogen-bond donors (Lipinski definition) is 2. The smallest absolute Gasteiger partial charge is 0.253 e. The summed E-state index contributed by atoms with van der Waals surface area (Å²) in [6.45, 7) is 4.72. The molecule has 6 heteroatoms. The van der Waals surface area contributed by atoms with Gasteiger partial charge in [-0.1, -0.05) is 44.2 Å². The normalized spacial score (nSPS) is 10.9. The van der Waals surface area contributed by atoms with Crippen LogP contribution in [0.15, 0.2) is 47.5 Å². The van der Waals surface area contributed by atoms with E-state index in [0.717, 1.165) is 24.1 Å². The van der Waals surface area contributed by atoms with Gasteiger partial charge in [-0.15, -0.1) is 24.0 Å². The molecule has 0 aliphatic rings. The molecule has 2 rings (SSSR count). The first-order chi connectivity index (χ1) is 12.5. The van der Waals surface area contributed by atoms with Crippen molar-refractivity contribution in [2.24, 2.45) is 10.7 Å². The second kappa shape index (κ2) is 10.9. The molecule has 1 amide bonds. The summed E-state index contributed by atoms with van der Waals surface area (Å²) in [6, 6.07) is 13.7. The molecule has 0 aliphatic carbocycles. The van der Waals surface area contributed by atoms with Crippen LogP contribution in [0, 0.1) is 0 Å². The Bertz CT molecular complexity index is 763. The Morgan fingerprint density at radius 2 is 1.59 bits per heavy atom. The van der Waals surface area contributed by atoms with E-state index in [4.69, 9.17) is 5.73 Å². The zero-order chi connectivity index (χ0) is 19.1. The van der Waals surface area contributed by atoms with Crippen LogP contribution >= 0.6 is 24.0 Å². The molecule has 27 heavy (non-hydrogen) atoms. The Hall–Kier alpha value is -2.09. The van der Waals surface area contributed by atoms with Gasteiger partial charge in [-0.2, -0.15) is 0 Å². The minimum absolute atomic E-state index is 0. The molecular weight excluding hydrogens is 451 g/mol. The molecule has 0 saturated heterocycles. The van der Waals surface area contributed by atoms with Gasteiger partial charge in [-0.25, -0.2) is 4.99 Å². The molecule has 2 aromatic rings. The number of aryl methyl sites for hydroxylation is 2. The fourth-order valence-corrected chi connectivity index (χ4v) is 2.76. The van der Waals surface area contributed by atoms with Gasteiger partial charge in [-0.3, -0.25) is 4.79 Å². The van der Waals surface area contributed by atoms with Crippen molar-refractivity contribution in [1.29, 1.82) is 0 Å². The van der Waals surface area contributed by atoms with Crippen LogP contribution in [0.5, 0.6) is 0 Å². The predicted molar refractivity (Wildman–Crippen MR) is 124 cm³/mol. The summed E-state index contributed by atoms with van der Waals surface area (Å²) in [7, 11) is 3.48. The van der Waals surface area contributed by atoms with Crippen LogP contribution < -0.4 is 11.1 Å². The summed E-state index contributed by atoms with van der Waals surface area (Å²) in [4.78, 5) is 17.9. The van der Waals surface area contributed by atoms with Gasteiger partial charge in [-0.05, 0) is 41.7 Å². The van der Waals surface area contributed by atoms with E-state index in [-0.39, 0.29) is 29.9 Å². The van der Waals surface area contributed by atoms with E-state index >= 15 is 0 Å². The van der Waals surface area contributed by atoms with Crippen molar-refractivity contribution in [3.63, 3.8) is 0 Å². The molecule has 146 valence electrons. The first kappa shape index (κ1) is 23.0. The first-order valence-electron chi connectivity index (χ1n) is 8.94. The molecule has 0 heterocycles. The summed E-state index contributed by atoms with van der Waals surface area (Å²) in [5.41, 5.74) is 11.3. The predicted octanol–water partition coefficient (Wildman–Crippen LogP) is 4.06. The summed E-state index contributed by atoms with van der Waals surface area (Å²) in [5, 5.41) is 3.26. The summed E-state index contributed by atoms with van der Waals surface area (Å²) in [6.07, 6.45) is 1.87. The van der Waals surface area contributed by atoms with Crippen LogP contribution in [0.1, 0.15) is 40.9 Å². The number of anilines is 1. The van der Waals surface area contributed by atoms with Gasteiger partial charge >= 0.3 is 0 Å². The van der Waals surface area contributed by atoms with Crippen molar-refractivity contribution in [1.82, 2.24) is 4.90 Å². The topological polar surface area (TPSA) is 70.7 Å². The molecule has 5 nitrogen and oxygen atoms in total. The zero-order valence-electron chi connectivity index (χ0n) is 16.5. The molecule has 0 bridgehead atoms. The second-order valence-electron chi connectivity index (χ2n) is 6.38. The van der Waals surface area contributed by atoms with Crippen molar-refractivity contribution < 1.29 is 4.79 Å². The number of nitrogens with one attached hydrogen (secondary N) is 1. The van der Waals surface area contributed by atoms with Crippen molar-refractivity contribution >= 4 is 41.5 Å². The number of carbonyl (C=O) groups is 1. The van der Waals surface area contributed by atoms with Crippen molar-refractivity contribution in [2.75, 3.05) is 19.4 Å². The number of amides is 1. The van der Waals surface area contributed by atoms with Crippen LogP contribution in [0.2, 0.25) is 0 Å². The number of guanidine groups is 1. The number of nitrogens with zero attached hydrogens (tertiary/aromatic N) is 2. The lowest BCUT2D eigenvalue weighted by molar-refractivity contribution is 0.0827. The molecule has 0 aliphatic heterocycles. The van der Waals surface area contributed by atoms with Gasteiger partial charge in [0.1, 0.15) is 0 Å². The van der Waals surface area contributed by atoms with Crippen LogP contribution in [0.25, 0.3) is 0 Å². The average molecular weight is 480 g/mol. The Balaban J connectivity index is 0.00000364. The molecule has 0 saturated carbocycles. The van der Waals surface area contributed by atoms with Crippen LogP contribution in [0.3, 0.4) is 0 Å². The number of carbonyl (C=O) groups excluding carboxylic acids is 1. The number of rotatable bonds is 6. The lowest BCUT2D eigenvalue weighted by Gasteiger charge is -2.15. The number of halogens is 1. The van der Waals surface area contributed by atoms with E-state index in [1.54, 1.807) is 19.0 Å². The number of hydrogen-bond acceptors (Lipinski definition) is 2. The van der Waals surface area contributed by atoms with Gasteiger partial charge in [0.05, 0.1) is 6.54 Å². The van der Waals surface area contributed by atoms with Crippen molar-refractivity contribution in [3.05, 3.63) is 64.7 Å². The largest absolute Gasteiger partial charge is 0.370 e. The molecule has 0 atom stereocenters. The fourth-order valence-electron chi connectivity index (χ4n) is 2.76. The highest BCUT2D eigenvalue weighted by atomic mass is 127. The minimum atomic E-state index is -0.00972. The van der Waals surface area contributed by atoms with E-state index in [2.05, 4.69) is 42.4 Å². The lowest BCUT2D eigenvalue weighted by Crippen LogP contribution is -2.24. The molecular formula is C21H29IN4O. The number of para-hydroxylation sites is 1. The Morgan fingerprint density at radius 3 is 2.07 bits per heavy atom. The third kappa shape index (κ3) is 6.23. The average Bonchev–Trinajstić information content (AvgIpc) is 2.66. The number of benzene rings is 2. The van der Waals surface area contributed by atoms with Crippen molar-refractivity contribution in [3.8, 4) is 0 Å². The van der Waals surface area contributed by atoms with Crippen LogP contribution in [-0.4, -0.2) is 30.9 Å². The number of nitrogens with two attached hydrogens (primary N) is 1. The van der Waals surface area contributed by atoms with E-state index in [9.17, 15) is 4.79 Å². The lowest BCUT2D eigenvalue weighted by atomic mass is 10.0. The van der Waals surface area contributed by atoms with E-state index in [0.29, 0.717) is 18.1 Å². The van der Waals surface area contributed by atoms with Crippen molar-refractivity contribution in [2.45, 2.75) is 33.2 Å². The summed E-state index contributed by atoms with van der Waals surface area (Å²) in [5.74, 6) is 0.388.